The molecule has 0 amide bonds. The van der Waals surface area contributed by atoms with Crippen LogP contribution in [0.4, 0.5) is 5.82 Å². The minimum absolute atomic E-state index is 0.522. The highest BCUT2D eigenvalue weighted by atomic mass is 79.9. The summed E-state index contributed by atoms with van der Waals surface area (Å²) >= 11 is 3.43. The van der Waals surface area contributed by atoms with Gasteiger partial charge in [-0.2, -0.15) is 0 Å². The van der Waals surface area contributed by atoms with Gasteiger partial charge in [0.25, 0.3) is 0 Å². The molecule has 1 fully saturated rings. The number of rotatable bonds is 1. The van der Waals surface area contributed by atoms with Crippen LogP contribution in [0.25, 0.3) is 0 Å². The number of halogens is 1. The predicted molar refractivity (Wildman–Crippen MR) is 70.9 cm³/mol. The minimum Gasteiger partial charge on any atom is -0.353 e. The second-order valence-corrected chi connectivity index (χ2v) is 5.29. The van der Waals surface area contributed by atoms with Crippen LogP contribution in [0.1, 0.15) is 13.3 Å². The monoisotopic (exact) mass is 283 g/mol. The van der Waals surface area contributed by atoms with Crippen LogP contribution in [0.2, 0.25) is 0 Å². The molecule has 1 aliphatic rings. The van der Waals surface area contributed by atoms with Crippen LogP contribution in [0.3, 0.4) is 0 Å². The molecule has 88 valence electrons. The Hall–Kier alpha value is -0.610. The van der Waals surface area contributed by atoms with Crippen molar-refractivity contribution in [1.82, 2.24) is 9.88 Å². The molecule has 0 bridgehead atoms. The van der Waals surface area contributed by atoms with Crippen LogP contribution < -0.4 is 4.90 Å². The topological polar surface area (TPSA) is 19.4 Å². The lowest BCUT2D eigenvalue weighted by Gasteiger charge is -2.29. The lowest BCUT2D eigenvalue weighted by atomic mass is 10.2. The Balaban J connectivity index is 2.19. The third-order valence-corrected chi connectivity index (χ3v) is 3.48. The van der Waals surface area contributed by atoms with Gasteiger partial charge in [-0.25, -0.2) is 4.98 Å². The van der Waals surface area contributed by atoms with E-state index in [9.17, 15) is 0 Å². The SMILES string of the molecule is CC1CN(C)CCCN1c1cccc(Br)n1. The normalized spacial score (nSPS) is 23.2. The van der Waals surface area contributed by atoms with Crippen LogP contribution >= 0.6 is 15.9 Å². The fourth-order valence-corrected chi connectivity index (χ4v) is 2.60. The van der Waals surface area contributed by atoms with Crippen LogP contribution in [-0.2, 0) is 0 Å². The van der Waals surface area contributed by atoms with Crippen molar-refractivity contribution in [2.45, 2.75) is 19.4 Å². The van der Waals surface area contributed by atoms with E-state index in [1.165, 1.54) is 13.0 Å². The van der Waals surface area contributed by atoms with Gasteiger partial charge >= 0.3 is 0 Å². The fraction of sp³-hybridized carbons (Fsp3) is 0.583. The quantitative estimate of drug-likeness (QED) is 0.738. The van der Waals surface area contributed by atoms with Crippen molar-refractivity contribution in [2.24, 2.45) is 0 Å². The molecule has 1 atom stereocenters. The van der Waals surface area contributed by atoms with Crippen molar-refractivity contribution >= 4 is 21.7 Å². The van der Waals surface area contributed by atoms with Crippen LogP contribution in [-0.4, -0.2) is 42.6 Å². The van der Waals surface area contributed by atoms with Gasteiger partial charge in [-0.3, -0.25) is 0 Å². The van der Waals surface area contributed by atoms with Crippen molar-refractivity contribution in [3.8, 4) is 0 Å². The molecule has 2 rings (SSSR count). The van der Waals surface area contributed by atoms with E-state index in [1.54, 1.807) is 0 Å². The molecule has 1 unspecified atom stereocenters. The lowest BCUT2D eigenvalue weighted by Crippen LogP contribution is -2.38. The minimum atomic E-state index is 0.522. The smallest absolute Gasteiger partial charge is 0.130 e. The zero-order chi connectivity index (χ0) is 11.5. The van der Waals surface area contributed by atoms with Gasteiger partial charge in [0.15, 0.2) is 0 Å². The maximum atomic E-state index is 4.54. The number of nitrogens with zero attached hydrogens (tertiary/aromatic N) is 3. The Morgan fingerprint density at radius 2 is 2.19 bits per heavy atom. The maximum Gasteiger partial charge on any atom is 0.130 e. The van der Waals surface area contributed by atoms with Gasteiger partial charge < -0.3 is 9.80 Å². The average molecular weight is 284 g/mol. The highest BCUT2D eigenvalue weighted by Gasteiger charge is 2.20. The second-order valence-electron chi connectivity index (χ2n) is 4.48. The van der Waals surface area contributed by atoms with Gasteiger partial charge in [0.2, 0.25) is 0 Å². The molecule has 1 aromatic rings. The first-order valence-electron chi connectivity index (χ1n) is 5.74. The fourth-order valence-electron chi connectivity index (χ4n) is 2.27. The molecule has 0 spiro atoms. The Labute approximate surface area is 106 Å². The standard InChI is InChI=1S/C12H18BrN3/c1-10-9-15(2)7-4-8-16(10)12-6-3-5-11(13)14-12/h3,5-6,10H,4,7-9H2,1-2H3. The molecule has 0 saturated carbocycles. The average Bonchev–Trinajstić information content (AvgIpc) is 2.39. The van der Waals surface area contributed by atoms with Gasteiger partial charge in [-0.15, -0.1) is 0 Å². The first-order chi connectivity index (χ1) is 7.66. The molecule has 2 heterocycles. The summed E-state index contributed by atoms with van der Waals surface area (Å²) in [4.78, 5) is 9.33. The van der Waals surface area contributed by atoms with Gasteiger partial charge in [0.1, 0.15) is 10.4 Å². The summed E-state index contributed by atoms with van der Waals surface area (Å²) in [6.45, 7) is 5.64. The molecule has 0 aromatic carbocycles. The third kappa shape index (κ3) is 2.74. The number of anilines is 1. The lowest BCUT2D eigenvalue weighted by molar-refractivity contribution is 0.337. The molecule has 1 aliphatic heterocycles. The molecule has 4 heteroatoms. The summed E-state index contributed by atoms with van der Waals surface area (Å²) < 4.78 is 0.912. The van der Waals surface area contributed by atoms with Gasteiger partial charge in [0.05, 0.1) is 0 Å². The number of pyridine rings is 1. The Morgan fingerprint density at radius 3 is 2.94 bits per heavy atom. The zero-order valence-corrected chi connectivity index (χ0v) is 11.4. The van der Waals surface area contributed by atoms with Gasteiger partial charge in [0, 0.05) is 19.1 Å². The van der Waals surface area contributed by atoms with E-state index in [2.05, 4.69) is 50.8 Å². The maximum absolute atomic E-state index is 4.54. The largest absolute Gasteiger partial charge is 0.353 e. The molecule has 0 radical (unpaired) electrons. The number of likely N-dealkylation sites (N-methyl/N-ethyl adjacent to an activating group) is 1. The van der Waals surface area contributed by atoms with Crippen LogP contribution in [0, 0.1) is 0 Å². The number of hydrogen-bond donors (Lipinski definition) is 0. The van der Waals surface area contributed by atoms with Crippen molar-refractivity contribution in [1.29, 1.82) is 0 Å². The van der Waals surface area contributed by atoms with Gasteiger partial charge in [-0.05, 0) is 55.0 Å². The first-order valence-corrected chi connectivity index (χ1v) is 6.54. The van der Waals surface area contributed by atoms with E-state index in [0.29, 0.717) is 6.04 Å². The van der Waals surface area contributed by atoms with Gasteiger partial charge in [-0.1, -0.05) is 6.07 Å². The van der Waals surface area contributed by atoms with E-state index in [-0.39, 0.29) is 0 Å². The summed E-state index contributed by atoms with van der Waals surface area (Å²) in [5, 5.41) is 0. The molecule has 0 aliphatic carbocycles. The summed E-state index contributed by atoms with van der Waals surface area (Å²) in [5.41, 5.74) is 0. The molecule has 1 saturated heterocycles. The van der Waals surface area contributed by atoms with Crippen LogP contribution in [0.5, 0.6) is 0 Å². The van der Waals surface area contributed by atoms with Crippen molar-refractivity contribution in [3.63, 3.8) is 0 Å². The van der Waals surface area contributed by atoms with E-state index < -0.39 is 0 Å². The molecular formula is C12H18BrN3. The number of hydrogen-bond acceptors (Lipinski definition) is 3. The summed E-state index contributed by atoms with van der Waals surface area (Å²) in [7, 11) is 2.19. The predicted octanol–water partition coefficient (Wildman–Crippen LogP) is 2.37. The molecule has 1 aromatic heterocycles. The first kappa shape index (κ1) is 11.9. The highest BCUT2D eigenvalue weighted by Crippen LogP contribution is 2.19. The second kappa shape index (κ2) is 5.15. The van der Waals surface area contributed by atoms with E-state index in [1.807, 2.05) is 12.1 Å². The summed E-state index contributed by atoms with van der Waals surface area (Å²) in [6, 6.07) is 6.63. The van der Waals surface area contributed by atoms with Crippen molar-refractivity contribution in [3.05, 3.63) is 22.8 Å². The summed E-state index contributed by atoms with van der Waals surface area (Å²) in [5.74, 6) is 1.08. The Kier molecular flexibility index (Phi) is 3.82. The van der Waals surface area contributed by atoms with E-state index in [0.717, 1.165) is 23.5 Å². The molecular weight excluding hydrogens is 266 g/mol. The van der Waals surface area contributed by atoms with Crippen molar-refractivity contribution in [2.75, 3.05) is 31.6 Å². The van der Waals surface area contributed by atoms with E-state index in [4.69, 9.17) is 0 Å². The zero-order valence-electron chi connectivity index (χ0n) is 9.86. The molecule has 3 nitrogen and oxygen atoms in total. The number of aromatic nitrogens is 1. The van der Waals surface area contributed by atoms with E-state index >= 15 is 0 Å². The summed E-state index contributed by atoms with van der Waals surface area (Å²) in [6.07, 6.45) is 1.20. The Bertz CT molecular complexity index is 356. The van der Waals surface area contributed by atoms with Crippen LogP contribution in [0.15, 0.2) is 22.8 Å². The highest BCUT2D eigenvalue weighted by molar-refractivity contribution is 9.10. The molecule has 16 heavy (non-hydrogen) atoms. The molecule has 0 N–H and O–H groups in total. The third-order valence-electron chi connectivity index (χ3n) is 3.04. The Morgan fingerprint density at radius 1 is 1.38 bits per heavy atom. The van der Waals surface area contributed by atoms with Crippen molar-refractivity contribution < 1.29 is 0 Å².